The summed E-state index contributed by atoms with van der Waals surface area (Å²) in [5.74, 6) is 2.46. The van der Waals surface area contributed by atoms with E-state index >= 15 is 0 Å². The first-order valence-electron chi connectivity index (χ1n) is 7.30. The van der Waals surface area contributed by atoms with Gasteiger partial charge in [0, 0.05) is 37.8 Å². The van der Waals surface area contributed by atoms with Crippen LogP contribution in [0.2, 0.25) is 0 Å². The summed E-state index contributed by atoms with van der Waals surface area (Å²) in [5, 5.41) is 3.32. The first kappa shape index (κ1) is 12.7. The second-order valence-corrected chi connectivity index (χ2v) is 5.69. The fraction of sp³-hybridized carbons (Fsp3) is 0.714. The molecular weight excluding hydrogens is 240 g/mol. The van der Waals surface area contributed by atoms with Crippen LogP contribution in [-0.4, -0.2) is 47.0 Å². The predicted octanol–water partition coefficient (Wildman–Crippen LogP) is 1.12. The molecule has 0 saturated carbocycles. The van der Waals surface area contributed by atoms with Gasteiger partial charge in [0.15, 0.2) is 0 Å². The summed E-state index contributed by atoms with van der Waals surface area (Å²) in [7, 11) is 0. The molecule has 0 radical (unpaired) electrons. The van der Waals surface area contributed by atoms with Crippen LogP contribution >= 0.6 is 0 Å². The Bertz CT molecular complexity index is 403. The van der Waals surface area contributed by atoms with Gasteiger partial charge < -0.3 is 15.2 Å². The minimum atomic E-state index is 0.339. The SMILES string of the molecule is O=C(C[C@@H]1CCNC1)N1CCC(c2ncc[nH]2)CC1. The summed E-state index contributed by atoms with van der Waals surface area (Å²) in [6.07, 6.45) is 7.61. The molecule has 2 aliphatic rings. The molecule has 0 bridgehead atoms. The zero-order valence-electron chi connectivity index (χ0n) is 11.3. The molecule has 2 N–H and O–H groups in total. The highest BCUT2D eigenvalue weighted by atomic mass is 16.2. The van der Waals surface area contributed by atoms with E-state index in [9.17, 15) is 4.79 Å². The molecule has 0 spiro atoms. The van der Waals surface area contributed by atoms with Gasteiger partial charge in [0.2, 0.25) is 5.91 Å². The first-order valence-corrected chi connectivity index (χ1v) is 7.30. The second kappa shape index (κ2) is 5.74. The van der Waals surface area contributed by atoms with E-state index in [2.05, 4.69) is 15.3 Å². The van der Waals surface area contributed by atoms with Crippen LogP contribution in [0.3, 0.4) is 0 Å². The summed E-state index contributed by atoms with van der Waals surface area (Å²) in [4.78, 5) is 21.8. The van der Waals surface area contributed by atoms with Crippen molar-refractivity contribution in [2.75, 3.05) is 26.2 Å². The predicted molar refractivity (Wildman–Crippen MR) is 72.7 cm³/mol. The normalized spacial score (nSPS) is 24.8. The van der Waals surface area contributed by atoms with Gasteiger partial charge in [-0.2, -0.15) is 0 Å². The van der Waals surface area contributed by atoms with E-state index in [-0.39, 0.29) is 0 Å². The molecule has 1 aromatic heterocycles. The van der Waals surface area contributed by atoms with Gasteiger partial charge >= 0.3 is 0 Å². The molecule has 3 heterocycles. The lowest BCUT2D eigenvalue weighted by molar-refractivity contribution is -0.133. The number of hydrogen-bond donors (Lipinski definition) is 2. The molecule has 0 aromatic carbocycles. The van der Waals surface area contributed by atoms with E-state index in [4.69, 9.17) is 0 Å². The molecule has 2 fully saturated rings. The Morgan fingerprint density at radius 2 is 2.21 bits per heavy atom. The number of likely N-dealkylation sites (tertiary alicyclic amines) is 1. The van der Waals surface area contributed by atoms with E-state index < -0.39 is 0 Å². The molecule has 2 aliphatic heterocycles. The van der Waals surface area contributed by atoms with Crippen LogP contribution in [0.4, 0.5) is 0 Å². The third-order valence-corrected chi connectivity index (χ3v) is 4.38. The molecule has 19 heavy (non-hydrogen) atoms. The average Bonchev–Trinajstić information content (AvgIpc) is 3.12. The number of nitrogens with one attached hydrogen (secondary N) is 2. The zero-order valence-corrected chi connectivity index (χ0v) is 11.3. The maximum absolute atomic E-state index is 12.2. The van der Waals surface area contributed by atoms with E-state index in [0.717, 1.165) is 57.7 Å². The lowest BCUT2D eigenvalue weighted by Gasteiger charge is -2.31. The van der Waals surface area contributed by atoms with E-state index in [1.54, 1.807) is 6.20 Å². The van der Waals surface area contributed by atoms with Gasteiger partial charge in [0.1, 0.15) is 5.82 Å². The third kappa shape index (κ3) is 2.97. The van der Waals surface area contributed by atoms with Gasteiger partial charge in [-0.25, -0.2) is 4.98 Å². The average molecular weight is 262 g/mol. The molecule has 0 unspecified atom stereocenters. The number of carbonyl (C=O) groups is 1. The second-order valence-electron chi connectivity index (χ2n) is 5.69. The van der Waals surface area contributed by atoms with Crippen LogP contribution in [0, 0.1) is 5.92 Å². The number of imidazole rings is 1. The number of H-pyrrole nitrogens is 1. The highest BCUT2D eigenvalue weighted by Gasteiger charge is 2.27. The summed E-state index contributed by atoms with van der Waals surface area (Å²) < 4.78 is 0. The van der Waals surface area contributed by atoms with Crippen molar-refractivity contribution < 1.29 is 4.79 Å². The molecule has 1 aromatic rings. The Balaban J connectivity index is 1.48. The smallest absolute Gasteiger partial charge is 0.222 e. The standard InChI is InChI=1S/C14H22N4O/c19-13(9-11-1-4-15-10-11)18-7-2-12(3-8-18)14-16-5-6-17-14/h5-6,11-12,15H,1-4,7-10H2,(H,16,17)/t11-/m0/s1. The number of hydrogen-bond acceptors (Lipinski definition) is 3. The fourth-order valence-electron chi connectivity index (χ4n) is 3.17. The molecule has 0 aliphatic carbocycles. The van der Waals surface area contributed by atoms with Crippen LogP contribution < -0.4 is 5.32 Å². The number of nitrogens with zero attached hydrogens (tertiary/aromatic N) is 2. The molecule has 1 amide bonds. The largest absolute Gasteiger partial charge is 0.348 e. The number of rotatable bonds is 3. The minimum Gasteiger partial charge on any atom is -0.348 e. The van der Waals surface area contributed by atoms with Crippen molar-refractivity contribution in [3.05, 3.63) is 18.2 Å². The summed E-state index contributed by atoms with van der Waals surface area (Å²) >= 11 is 0. The quantitative estimate of drug-likeness (QED) is 0.858. The molecule has 1 atom stereocenters. The zero-order chi connectivity index (χ0) is 13.1. The van der Waals surface area contributed by atoms with E-state index in [0.29, 0.717) is 17.7 Å². The van der Waals surface area contributed by atoms with Crippen molar-refractivity contribution in [2.24, 2.45) is 5.92 Å². The maximum atomic E-state index is 12.2. The van der Waals surface area contributed by atoms with Gasteiger partial charge in [-0.1, -0.05) is 0 Å². The van der Waals surface area contributed by atoms with Crippen LogP contribution in [0.1, 0.15) is 37.4 Å². The van der Waals surface area contributed by atoms with Crippen molar-refractivity contribution in [3.8, 4) is 0 Å². The van der Waals surface area contributed by atoms with E-state index in [1.165, 1.54) is 0 Å². The Morgan fingerprint density at radius 1 is 1.37 bits per heavy atom. The van der Waals surface area contributed by atoms with Crippen molar-refractivity contribution in [1.82, 2.24) is 20.2 Å². The van der Waals surface area contributed by atoms with E-state index in [1.807, 2.05) is 11.1 Å². The number of aromatic nitrogens is 2. The highest BCUT2D eigenvalue weighted by Crippen LogP contribution is 2.26. The summed E-state index contributed by atoms with van der Waals surface area (Å²) in [6, 6.07) is 0. The van der Waals surface area contributed by atoms with Crippen LogP contribution in [0.25, 0.3) is 0 Å². The Morgan fingerprint density at radius 3 is 2.84 bits per heavy atom. The van der Waals surface area contributed by atoms with Gasteiger partial charge in [-0.3, -0.25) is 4.79 Å². The topological polar surface area (TPSA) is 61.0 Å². The van der Waals surface area contributed by atoms with Crippen molar-refractivity contribution in [1.29, 1.82) is 0 Å². The molecule has 2 saturated heterocycles. The number of amides is 1. The number of piperidine rings is 1. The van der Waals surface area contributed by atoms with Gasteiger partial charge in [0.25, 0.3) is 0 Å². The number of carbonyl (C=O) groups excluding carboxylic acids is 1. The van der Waals surface area contributed by atoms with Gasteiger partial charge in [-0.15, -0.1) is 0 Å². The Labute approximate surface area is 113 Å². The Hall–Kier alpha value is -1.36. The van der Waals surface area contributed by atoms with Crippen molar-refractivity contribution in [2.45, 2.75) is 31.6 Å². The summed E-state index contributed by atoms with van der Waals surface area (Å²) in [5.41, 5.74) is 0. The Kier molecular flexibility index (Phi) is 3.82. The van der Waals surface area contributed by atoms with Crippen LogP contribution in [0.15, 0.2) is 12.4 Å². The summed E-state index contributed by atoms with van der Waals surface area (Å²) in [6.45, 7) is 3.84. The highest BCUT2D eigenvalue weighted by molar-refractivity contribution is 5.76. The van der Waals surface area contributed by atoms with Gasteiger partial charge in [-0.05, 0) is 38.3 Å². The number of aromatic amines is 1. The molecular formula is C14H22N4O. The molecule has 5 nitrogen and oxygen atoms in total. The first-order chi connectivity index (χ1) is 9.33. The van der Waals surface area contributed by atoms with Crippen LogP contribution in [-0.2, 0) is 4.79 Å². The fourth-order valence-corrected chi connectivity index (χ4v) is 3.17. The third-order valence-electron chi connectivity index (χ3n) is 4.38. The lowest BCUT2D eigenvalue weighted by atomic mass is 9.95. The van der Waals surface area contributed by atoms with Crippen molar-refractivity contribution >= 4 is 5.91 Å². The van der Waals surface area contributed by atoms with Crippen molar-refractivity contribution in [3.63, 3.8) is 0 Å². The minimum absolute atomic E-state index is 0.339. The monoisotopic (exact) mass is 262 g/mol. The molecule has 3 rings (SSSR count). The van der Waals surface area contributed by atoms with Crippen LogP contribution in [0.5, 0.6) is 0 Å². The van der Waals surface area contributed by atoms with Gasteiger partial charge in [0.05, 0.1) is 0 Å². The molecule has 5 heteroatoms. The maximum Gasteiger partial charge on any atom is 0.222 e. The molecule has 104 valence electrons. The lowest BCUT2D eigenvalue weighted by Crippen LogP contribution is -2.39.